The van der Waals surface area contributed by atoms with Crippen LogP contribution in [0.15, 0.2) is 0 Å². The van der Waals surface area contributed by atoms with Crippen molar-refractivity contribution in [3.63, 3.8) is 0 Å². The van der Waals surface area contributed by atoms with Crippen molar-refractivity contribution in [2.75, 3.05) is 13.2 Å². The van der Waals surface area contributed by atoms with Crippen LogP contribution in [-0.4, -0.2) is 25.4 Å². The SMILES string of the molecule is CCCCCCOC1CCC2CC(OCC)CCC2C1. The predicted molar refractivity (Wildman–Crippen MR) is 84.0 cm³/mol. The van der Waals surface area contributed by atoms with Crippen LogP contribution >= 0.6 is 0 Å². The zero-order valence-corrected chi connectivity index (χ0v) is 13.6. The Balaban J connectivity index is 1.62. The molecule has 4 unspecified atom stereocenters. The van der Waals surface area contributed by atoms with E-state index in [1.165, 1.54) is 64.2 Å². The van der Waals surface area contributed by atoms with Gasteiger partial charge in [-0.25, -0.2) is 0 Å². The average Bonchev–Trinajstić information content (AvgIpc) is 2.47. The molecule has 118 valence electrons. The molecule has 0 spiro atoms. The topological polar surface area (TPSA) is 18.5 Å². The highest BCUT2D eigenvalue weighted by molar-refractivity contribution is 4.87. The molecule has 0 aromatic rings. The number of fused-ring (bicyclic) bond motifs is 1. The number of ether oxygens (including phenoxy) is 2. The first-order valence-electron chi connectivity index (χ1n) is 9.06. The Morgan fingerprint density at radius 1 is 0.750 bits per heavy atom. The molecule has 2 rings (SSSR count). The Kier molecular flexibility index (Phi) is 7.37. The van der Waals surface area contributed by atoms with E-state index in [4.69, 9.17) is 9.47 Å². The first-order chi connectivity index (χ1) is 9.83. The zero-order valence-electron chi connectivity index (χ0n) is 13.6. The summed E-state index contributed by atoms with van der Waals surface area (Å²) in [5, 5.41) is 0. The molecule has 0 aromatic carbocycles. The maximum Gasteiger partial charge on any atom is 0.0578 e. The number of rotatable bonds is 8. The third-order valence-corrected chi connectivity index (χ3v) is 5.27. The first-order valence-corrected chi connectivity index (χ1v) is 9.06. The summed E-state index contributed by atoms with van der Waals surface area (Å²) in [6.07, 6.45) is 14.3. The molecule has 2 heteroatoms. The van der Waals surface area contributed by atoms with Crippen LogP contribution in [0.2, 0.25) is 0 Å². The van der Waals surface area contributed by atoms with Gasteiger partial charge in [-0.3, -0.25) is 0 Å². The monoisotopic (exact) mass is 282 g/mol. The molecule has 0 N–H and O–H groups in total. The molecule has 0 heterocycles. The standard InChI is InChI=1S/C18H34O2/c1-3-5-6-7-12-20-18-11-9-15-13-17(19-4-2)10-8-16(15)14-18/h15-18H,3-14H2,1-2H3. The van der Waals surface area contributed by atoms with Gasteiger partial charge in [-0.15, -0.1) is 0 Å². The molecular weight excluding hydrogens is 248 g/mol. The maximum atomic E-state index is 6.12. The fourth-order valence-electron chi connectivity index (χ4n) is 4.12. The van der Waals surface area contributed by atoms with Gasteiger partial charge in [0.15, 0.2) is 0 Å². The molecule has 0 radical (unpaired) electrons. The lowest BCUT2D eigenvalue weighted by molar-refractivity contribution is -0.0490. The van der Waals surface area contributed by atoms with Crippen molar-refractivity contribution >= 4 is 0 Å². The minimum atomic E-state index is 0.549. The van der Waals surface area contributed by atoms with Gasteiger partial charge < -0.3 is 9.47 Å². The van der Waals surface area contributed by atoms with Gasteiger partial charge >= 0.3 is 0 Å². The second-order valence-electron chi connectivity index (χ2n) is 6.78. The van der Waals surface area contributed by atoms with Gasteiger partial charge in [-0.1, -0.05) is 26.2 Å². The van der Waals surface area contributed by atoms with Crippen molar-refractivity contribution < 1.29 is 9.47 Å². The van der Waals surface area contributed by atoms with Gasteiger partial charge in [-0.2, -0.15) is 0 Å². The molecule has 0 amide bonds. The third-order valence-electron chi connectivity index (χ3n) is 5.27. The van der Waals surface area contributed by atoms with Crippen LogP contribution in [-0.2, 0) is 9.47 Å². The van der Waals surface area contributed by atoms with Crippen molar-refractivity contribution in [3.8, 4) is 0 Å². The number of hydrogen-bond acceptors (Lipinski definition) is 2. The quantitative estimate of drug-likeness (QED) is 0.586. The fourth-order valence-corrected chi connectivity index (χ4v) is 4.12. The van der Waals surface area contributed by atoms with E-state index in [2.05, 4.69) is 13.8 Å². The molecule has 20 heavy (non-hydrogen) atoms. The van der Waals surface area contributed by atoms with Crippen LogP contribution in [0.3, 0.4) is 0 Å². The maximum absolute atomic E-state index is 6.12. The van der Waals surface area contributed by atoms with E-state index in [-0.39, 0.29) is 0 Å². The molecular formula is C18H34O2. The van der Waals surface area contributed by atoms with Gasteiger partial charge in [-0.05, 0) is 63.7 Å². The summed E-state index contributed by atoms with van der Waals surface area (Å²) in [7, 11) is 0. The first kappa shape index (κ1) is 16.3. The molecule has 2 aliphatic rings. The van der Waals surface area contributed by atoms with Crippen LogP contribution in [0.25, 0.3) is 0 Å². The smallest absolute Gasteiger partial charge is 0.0578 e. The van der Waals surface area contributed by atoms with E-state index in [0.717, 1.165) is 25.0 Å². The summed E-state index contributed by atoms with van der Waals surface area (Å²) in [5.41, 5.74) is 0. The van der Waals surface area contributed by atoms with E-state index in [1.54, 1.807) is 0 Å². The van der Waals surface area contributed by atoms with Gasteiger partial charge in [0.1, 0.15) is 0 Å². The molecule has 2 fully saturated rings. The Bertz CT molecular complexity index is 254. The summed E-state index contributed by atoms with van der Waals surface area (Å²) in [6, 6.07) is 0. The van der Waals surface area contributed by atoms with Crippen LogP contribution in [0.1, 0.15) is 78.1 Å². The van der Waals surface area contributed by atoms with Crippen LogP contribution in [0.4, 0.5) is 0 Å². The van der Waals surface area contributed by atoms with E-state index in [9.17, 15) is 0 Å². The van der Waals surface area contributed by atoms with E-state index in [1.807, 2.05) is 0 Å². The molecule has 0 aromatic heterocycles. The lowest BCUT2D eigenvalue weighted by Crippen LogP contribution is -2.36. The van der Waals surface area contributed by atoms with Crippen molar-refractivity contribution in [2.45, 2.75) is 90.3 Å². The molecule has 0 saturated heterocycles. The fraction of sp³-hybridized carbons (Fsp3) is 1.00. The number of hydrogen-bond donors (Lipinski definition) is 0. The van der Waals surface area contributed by atoms with Gasteiger partial charge in [0.2, 0.25) is 0 Å². The van der Waals surface area contributed by atoms with Crippen molar-refractivity contribution in [1.82, 2.24) is 0 Å². The Morgan fingerprint density at radius 3 is 2.00 bits per heavy atom. The normalized spacial score (nSPS) is 33.9. The number of unbranched alkanes of at least 4 members (excludes halogenated alkanes) is 3. The Hall–Kier alpha value is -0.0800. The predicted octanol–water partition coefficient (Wildman–Crippen LogP) is 4.96. The second-order valence-corrected chi connectivity index (χ2v) is 6.78. The van der Waals surface area contributed by atoms with Crippen LogP contribution in [0.5, 0.6) is 0 Å². The second kappa shape index (κ2) is 9.04. The Morgan fingerprint density at radius 2 is 1.40 bits per heavy atom. The molecule has 2 saturated carbocycles. The molecule has 2 aliphatic carbocycles. The summed E-state index contributed by atoms with van der Waals surface area (Å²) in [6.45, 7) is 6.26. The van der Waals surface area contributed by atoms with Crippen molar-refractivity contribution in [3.05, 3.63) is 0 Å². The summed E-state index contributed by atoms with van der Waals surface area (Å²) in [5.74, 6) is 1.83. The van der Waals surface area contributed by atoms with Crippen LogP contribution in [0, 0.1) is 11.8 Å². The summed E-state index contributed by atoms with van der Waals surface area (Å²) in [4.78, 5) is 0. The van der Waals surface area contributed by atoms with Crippen molar-refractivity contribution in [2.24, 2.45) is 11.8 Å². The summed E-state index contributed by atoms with van der Waals surface area (Å²) < 4.78 is 12.0. The summed E-state index contributed by atoms with van der Waals surface area (Å²) >= 11 is 0. The van der Waals surface area contributed by atoms with Gasteiger partial charge in [0, 0.05) is 13.2 Å². The van der Waals surface area contributed by atoms with E-state index >= 15 is 0 Å². The van der Waals surface area contributed by atoms with E-state index < -0.39 is 0 Å². The van der Waals surface area contributed by atoms with E-state index in [0.29, 0.717) is 12.2 Å². The largest absolute Gasteiger partial charge is 0.378 e. The lowest BCUT2D eigenvalue weighted by atomic mass is 9.69. The third kappa shape index (κ3) is 5.04. The highest BCUT2D eigenvalue weighted by Crippen LogP contribution is 2.42. The van der Waals surface area contributed by atoms with Gasteiger partial charge in [0.05, 0.1) is 12.2 Å². The Labute approximate surface area is 125 Å². The highest BCUT2D eigenvalue weighted by atomic mass is 16.5. The average molecular weight is 282 g/mol. The molecule has 4 atom stereocenters. The van der Waals surface area contributed by atoms with Crippen molar-refractivity contribution in [1.29, 1.82) is 0 Å². The van der Waals surface area contributed by atoms with Gasteiger partial charge in [0.25, 0.3) is 0 Å². The zero-order chi connectivity index (χ0) is 14.2. The molecule has 0 bridgehead atoms. The highest BCUT2D eigenvalue weighted by Gasteiger charge is 2.36. The minimum absolute atomic E-state index is 0.549. The van der Waals surface area contributed by atoms with Crippen LogP contribution < -0.4 is 0 Å². The minimum Gasteiger partial charge on any atom is -0.378 e. The molecule has 0 aliphatic heterocycles. The molecule has 2 nitrogen and oxygen atoms in total. The lowest BCUT2D eigenvalue weighted by Gasteiger charge is -2.41.